The molecule has 3 rings (SSSR count). The molecule has 1 saturated heterocycles. The number of hydrazine groups is 1. The summed E-state index contributed by atoms with van der Waals surface area (Å²) in [5.74, 6) is -1.24. The zero-order chi connectivity index (χ0) is 18.2. The van der Waals surface area contributed by atoms with Crippen molar-refractivity contribution >= 4 is 22.6 Å². The van der Waals surface area contributed by atoms with Crippen LogP contribution in [-0.2, 0) is 9.53 Å². The van der Waals surface area contributed by atoms with Gasteiger partial charge in [-0.05, 0) is 22.9 Å². The first kappa shape index (κ1) is 18.7. The Morgan fingerprint density at radius 3 is 2.32 bits per heavy atom. The van der Waals surface area contributed by atoms with E-state index < -0.39 is 5.97 Å². The number of benzene rings is 2. The number of aromatic carboxylic acids is 1. The number of carboxylic acid groups (broad SMARTS) is 1. The Morgan fingerprint density at radius 1 is 1.16 bits per heavy atom. The van der Waals surface area contributed by atoms with Crippen LogP contribution in [-0.4, -0.2) is 53.4 Å². The van der Waals surface area contributed by atoms with Gasteiger partial charge >= 0.3 is 5.97 Å². The van der Waals surface area contributed by atoms with Crippen LogP contribution in [0.15, 0.2) is 36.4 Å². The minimum atomic E-state index is -1.12. The number of rotatable bonds is 3. The Balaban J connectivity index is 0.000000186. The molecule has 25 heavy (non-hydrogen) atoms. The van der Waals surface area contributed by atoms with Gasteiger partial charge in [0.2, 0.25) is 5.91 Å². The van der Waals surface area contributed by atoms with Gasteiger partial charge in [0.05, 0.1) is 13.2 Å². The maximum atomic E-state index is 10.9. The van der Waals surface area contributed by atoms with Crippen molar-refractivity contribution in [2.24, 2.45) is 0 Å². The molecule has 0 spiro atoms. The zero-order valence-corrected chi connectivity index (χ0v) is 14.1. The molecule has 134 valence electrons. The van der Waals surface area contributed by atoms with Crippen LogP contribution >= 0.6 is 0 Å². The van der Waals surface area contributed by atoms with Gasteiger partial charge in [0.15, 0.2) is 0 Å². The number of amides is 1. The highest BCUT2D eigenvalue weighted by molar-refractivity contribution is 5.97. The smallest absolute Gasteiger partial charge is 0.339 e. The molecule has 1 aliphatic heterocycles. The molecule has 1 fully saturated rings. The summed E-state index contributed by atoms with van der Waals surface area (Å²) < 4.78 is 5.12. The second kappa shape index (κ2) is 9.00. The molecule has 0 unspecified atom stereocenters. The number of phenols is 1. The van der Waals surface area contributed by atoms with Gasteiger partial charge in [-0.15, -0.1) is 0 Å². The van der Waals surface area contributed by atoms with Crippen molar-refractivity contribution in [3.8, 4) is 5.75 Å². The van der Waals surface area contributed by atoms with Crippen molar-refractivity contribution in [2.45, 2.75) is 13.3 Å². The Morgan fingerprint density at radius 2 is 1.76 bits per heavy atom. The second-order valence-corrected chi connectivity index (χ2v) is 5.51. The number of aromatic hydroxyl groups is 1. The average molecular weight is 346 g/mol. The van der Waals surface area contributed by atoms with Crippen molar-refractivity contribution in [1.82, 2.24) is 10.4 Å². The molecule has 2 aromatic rings. The number of morpholine rings is 1. The number of hydrogen-bond acceptors (Lipinski definition) is 5. The van der Waals surface area contributed by atoms with E-state index in [4.69, 9.17) is 9.84 Å². The first-order valence-electron chi connectivity index (χ1n) is 8.08. The van der Waals surface area contributed by atoms with E-state index in [-0.39, 0.29) is 17.2 Å². The molecular formula is C18H22N2O5. The molecular weight excluding hydrogens is 324 g/mol. The summed E-state index contributed by atoms with van der Waals surface area (Å²) in [5.41, 5.74) is 2.72. The molecule has 0 radical (unpaired) electrons. The first-order chi connectivity index (χ1) is 12.0. The molecule has 0 aromatic heterocycles. The van der Waals surface area contributed by atoms with Gasteiger partial charge in [0.25, 0.3) is 0 Å². The number of carbonyl (C=O) groups is 2. The van der Waals surface area contributed by atoms with E-state index in [1.165, 1.54) is 12.1 Å². The van der Waals surface area contributed by atoms with Crippen LogP contribution in [0.1, 0.15) is 23.7 Å². The first-order valence-corrected chi connectivity index (χ1v) is 8.08. The maximum absolute atomic E-state index is 10.9. The average Bonchev–Trinajstić information content (AvgIpc) is 2.62. The second-order valence-electron chi connectivity index (χ2n) is 5.51. The third-order valence-corrected chi connectivity index (χ3v) is 3.71. The summed E-state index contributed by atoms with van der Waals surface area (Å²) in [6.07, 6.45) is 0.539. The predicted molar refractivity (Wildman–Crippen MR) is 93.4 cm³/mol. The standard InChI is InChI=1S/C11H8O3.C7H14N2O2/c12-10-6-8-4-2-1-3-7(8)5-9(10)11(13)14;1-2-7(10)8-9-3-5-11-6-4-9/h1-6,12H,(H,13,14);2-6H2,1H3,(H,8,10). The van der Waals surface area contributed by atoms with Crippen LogP contribution in [0.4, 0.5) is 0 Å². The molecule has 7 heteroatoms. The third-order valence-electron chi connectivity index (χ3n) is 3.71. The van der Waals surface area contributed by atoms with Crippen LogP contribution in [0.25, 0.3) is 10.8 Å². The molecule has 1 amide bonds. The molecule has 0 atom stereocenters. The predicted octanol–water partition coefficient (Wildman–Crippen LogP) is 2.00. The van der Waals surface area contributed by atoms with E-state index in [9.17, 15) is 14.7 Å². The van der Waals surface area contributed by atoms with E-state index in [0.717, 1.165) is 23.9 Å². The Labute approximate surface area is 145 Å². The summed E-state index contributed by atoms with van der Waals surface area (Å²) >= 11 is 0. The highest BCUT2D eigenvalue weighted by Gasteiger charge is 2.11. The van der Waals surface area contributed by atoms with Crippen LogP contribution in [0.3, 0.4) is 0 Å². The van der Waals surface area contributed by atoms with Crippen LogP contribution in [0.2, 0.25) is 0 Å². The van der Waals surface area contributed by atoms with Gasteiger partial charge in [-0.3, -0.25) is 10.2 Å². The van der Waals surface area contributed by atoms with Crippen LogP contribution in [0.5, 0.6) is 5.75 Å². The van der Waals surface area contributed by atoms with E-state index in [2.05, 4.69) is 5.43 Å². The monoisotopic (exact) mass is 346 g/mol. The fraction of sp³-hybridized carbons (Fsp3) is 0.333. The molecule has 0 saturated carbocycles. The number of carboxylic acids is 1. The number of ether oxygens (including phenoxy) is 1. The summed E-state index contributed by atoms with van der Waals surface area (Å²) in [4.78, 5) is 21.6. The molecule has 3 N–H and O–H groups in total. The summed E-state index contributed by atoms with van der Waals surface area (Å²) in [6.45, 7) is 4.86. The molecule has 1 heterocycles. The lowest BCUT2D eigenvalue weighted by Gasteiger charge is -2.26. The van der Waals surface area contributed by atoms with Crippen molar-refractivity contribution < 1.29 is 24.5 Å². The van der Waals surface area contributed by atoms with Gasteiger partial charge in [-0.1, -0.05) is 31.2 Å². The maximum Gasteiger partial charge on any atom is 0.339 e. The zero-order valence-electron chi connectivity index (χ0n) is 14.1. The van der Waals surface area contributed by atoms with Crippen molar-refractivity contribution in [3.05, 3.63) is 42.0 Å². The number of carbonyl (C=O) groups excluding carboxylic acids is 1. The third kappa shape index (κ3) is 5.44. The molecule has 0 aliphatic carbocycles. The lowest BCUT2D eigenvalue weighted by atomic mass is 10.1. The lowest BCUT2D eigenvalue weighted by Crippen LogP contribution is -2.48. The summed E-state index contributed by atoms with van der Waals surface area (Å²) in [7, 11) is 0. The van der Waals surface area contributed by atoms with E-state index >= 15 is 0 Å². The lowest BCUT2D eigenvalue weighted by molar-refractivity contribution is -0.127. The van der Waals surface area contributed by atoms with Gasteiger partial charge in [-0.25, -0.2) is 9.80 Å². The fourth-order valence-corrected chi connectivity index (χ4v) is 2.33. The number of fused-ring (bicyclic) bond motifs is 1. The minimum absolute atomic E-state index is 0.0660. The number of nitrogens with zero attached hydrogens (tertiary/aromatic N) is 1. The van der Waals surface area contributed by atoms with E-state index in [0.29, 0.717) is 19.6 Å². The summed E-state index contributed by atoms with van der Waals surface area (Å²) in [6, 6.07) is 10.2. The SMILES string of the molecule is CCC(=O)NN1CCOCC1.O=C(O)c1cc2ccccc2cc1O. The quantitative estimate of drug-likeness (QED) is 0.786. The Hall–Kier alpha value is -2.64. The van der Waals surface area contributed by atoms with Crippen LogP contribution in [0, 0.1) is 0 Å². The van der Waals surface area contributed by atoms with Crippen molar-refractivity contribution in [1.29, 1.82) is 0 Å². The highest BCUT2D eigenvalue weighted by atomic mass is 16.5. The van der Waals surface area contributed by atoms with Gasteiger partial charge in [0.1, 0.15) is 11.3 Å². The highest BCUT2D eigenvalue weighted by Crippen LogP contribution is 2.24. The largest absolute Gasteiger partial charge is 0.507 e. The Bertz CT molecular complexity index is 741. The number of hydrogen-bond donors (Lipinski definition) is 3. The van der Waals surface area contributed by atoms with Gasteiger partial charge < -0.3 is 14.9 Å². The van der Waals surface area contributed by atoms with E-state index in [1.807, 2.05) is 30.1 Å². The minimum Gasteiger partial charge on any atom is -0.507 e. The molecule has 7 nitrogen and oxygen atoms in total. The fourth-order valence-electron chi connectivity index (χ4n) is 2.33. The summed E-state index contributed by atoms with van der Waals surface area (Å²) in [5, 5.41) is 21.7. The number of nitrogens with one attached hydrogen (secondary N) is 1. The van der Waals surface area contributed by atoms with Gasteiger partial charge in [-0.2, -0.15) is 0 Å². The molecule has 1 aliphatic rings. The van der Waals surface area contributed by atoms with Gasteiger partial charge in [0, 0.05) is 19.5 Å². The molecule has 0 bridgehead atoms. The normalized spacial score (nSPS) is 14.4. The topological polar surface area (TPSA) is 99.1 Å². The van der Waals surface area contributed by atoms with Crippen LogP contribution < -0.4 is 5.43 Å². The Kier molecular flexibility index (Phi) is 6.73. The van der Waals surface area contributed by atoms with Crippen molar-refractivity contribution in [3.63, 3.8) is 0 Å². The molecule has 2 aromatic carbocycles. The van der Waals surface area contributed by atoms with Crippen molar-refractivity contribution in [2.75, 3.05) is 26.3 Å². The van der Waals surface area contributed by atoms with E-state index in [1.54, 1.807) is 6.07 Å².